The van der Waals surface area contributed by atoms with Gasteiger partial charge in [-0.15, -0.1) is 0 Å². The average Bonchev–Trinajstić information content (AvgIpc) is 2.01. The smallest absolute Gasteiger partial charge is 0.822 e. The van der Waals surface area contributed by atoms with Crippen LogP contribution in [-0.2, 0) is 23.7 Å². The van der Waals surface area contributed by atoms with Crippen molar-refractivity contribution in [1.29, 1.82) is 0 Å². The molecule has 21 heavy (non-hydrogen) atoms. The third-order valence-corrected chi connectivity index (χ3v) is 0.366. The summed E-state index contributed by atoms with van der Waals surface area (Å²) in [7, 11) is -5.39. The molecule has 0 spiro atoms. The summed E-state index contributed by atoms with van der Waals surface area (Å²) in [6.07, 6.45) is 0. The Balaban J connectivity index is -0.0000000257. The van der Waals surface area contributed by atoms with Crippen molar-refractivity contribution in [2.24, 2.45) is 0 Å². The Labute approximate surface area is 151 Å². The summed E-state index contributed by atoms with van der Waals surface area (Å²) in [6.45, 7) is 0. The van der Waals surface area contributed by atoms with Crippen molar-refractivity contribution in [3.63, 3.8) is 0 Å². The van der Waals surface area contributed by atoms with Crippen LogP contribution in [0, 0.1) is 0 Å². The van der Waals surface area contributed by atoms with Crippen LogP contribution >= 0.6 is 7.82 Å². The molecule has 0 unspecified atom stereocenters. The fourth-order valence-electron chi connectivity index (χ4n) is 0. The van der Waals surface area contributed by atoms with Crippen molar-refractivity contribution in [2.45, 2.75) is 0 Å². The first-order valence-electron chi connectivity index (χ1n) is 2.94. The number of carbonyl (C=O) groups is 4. The van der Waals surface area contributed by atoms with Crippen molar-refractivity contribution < 1.29 is 120 Å². The first-order chi connectivity index (χ1) is 7.29. The van der Waals surface area contributed by atoms with Gasteiger partial charge in [0.1, 0.15) is 0 Å². The number of aliphatic carboxylic acids is 4. The van der Waals surface area contributed by atoms with Gasteiger partial charge in [0.25, 0.3) is 0 Å². The van der Waals surface area contributed by atoms with Crippen LogP contribution in [0.4, 0.5) is 4.70 Å². The third kappa shape index (κ3) is 104. The minimum atomic E-state index is -5.39. The molecular formula is C4H5FLi3O12P. The molecule has 0 aromatic carbocycles. The Bertz CT molecular complexity index is 298. The van der Waals surface area contributed by atoms with Gasteiger partial charge in [-0.2, -0.15) is 7.82 Å². The van der Waals surface area contributed by atoms with Crippen LogP contribution in [0.3, 0.4) is 0 Å². The van der Waals surface area contributed by atoms with Gasteiger partial charge in [0, 0.05) is 0 Å². The number of halogens is 1. The summed E-state index contributed by atoms with van der Waals surface area (Å²) in [5, 5.41) is 29.6. The van der Waals surface area contributed by atoms with Crippen LogP contribution in [0.15, 0.2) is 0 Å². The zero-order chi connectivity index (χ0) is 14.8. The standard InChI is InChI=1S/2C2H2O4.FH.3Li.H3O4P/c2*3-1(4)2(5)6;;;;;1-5(2,3)4/h2*(H,3,4)(H,5,6);1H;;;;(H3,1,2,3,4)/q;;;3*+1;/p-3. The van der Waals surface area contributed by atoms with E-state index in [0.29, 0.717) is 0 Å². The summed E-state index contributed by atoms with van der Waals surface area (Å²) in [6, 6.07) is 0. The maximum Gasteiger partial charge on any atom is 1.00 e. The van der Waals surface area contributed by atoms with E-state index in [0.717, 1.165) is 0 Å². The molecule has 0 saturated heterocycles. The van der Waals surface area contributed by atoms with Crippen LogP contribution in [0.2, 0.25) is 0 Å². The Kier molecular flexibility index (Phi) is 44.8. The number of carboxylic acids is 4. The molecule has 0 aliphatic rings. The van der Waals surface area contributed by atoms with E-state index in [1.165, 1.54) is 0 Å². The van der Waals surface area contributed by atoms with Crippen molar-refractivity contribution in [3.05, 3.63) is 0 Å². The molecule has 108 valence electrons. The van der Waals surface area contributed by atoms with E-state index < -0.39 is 31.7 Å². The molecule has 12 nitrogen and oxygen atoms in total. The molecular weight excluding hydrogens is 311 g/mol. The predicted molar refractivity (Wildman–Crippen MR) is 40.7 cm³/mol. The quantitative estimate of drug-likeness (QED) is 0.185. The van der Waals surface area contributed by atoms with Gasteiger partial charge in [-0.05, 0) is 0 Å². The third-order valence-electron chi connectivity index (χ3n) is 0.366. The van der Waals surface area contributed by atoms with E-state index in [4.69, 9.17) is 58.8 Å². The van der Waals surface area contributed by atoms with Crippen LogP contribution in [0.5, 0.6) is 0 Å². The Morgan fingerprint density at radius 2 is 0.667 bits per heavy atom. The second kappa shape index (κ2) is 22.0. The topological polar surface area (TPSA) is 235 Å². The zero-order valence-electron chi connectivity index (χ0n) is 10.9. The molecule has 0 saturated carbocycles. The predicted octanol–water partition coefficient (Wildman–Crippen LogP) is -13.3. The van der Waals surface area contributed by atoms with Gasteiger partial charge >= 0.3 is 80.5 Å². The molecule has 17 heteroatoms. The van der Waals surface area contributed by atoms with E-state index in [9.17, 15) is 0 Å². The normalized spacial score (nSPS) is 7.00. The molecule has 0 radical (unpaired) electrons. The molecule has 4 N–H and O–H groups in total. The summed E-state index contributed by atoms with van der Waals surface area (Å²) in [4.78, 5) is 62.0. The summed E-state index contributed by atoms with van der Waals surface area (Å²) < 4.78 is 8.55. The van der Waals surface area contributed by atoms with Crippen molar-refractivity contribution in [3.8, 4) is 0 Å². The number of hydrogen-bond acceptors (Lipinski definition) is 8. The van der Waals surface area contributed by atoms with E-state index in [1.807, 2.05) is 0 Å². The molecule has 0 aliphatic carbocycles. The summed E-state index contributed by atoms with van der Waals surface area (Å²) >= 11 is 0. The molecule has 0 fully saturated rings. The van der Waals surface area contributed by atoms with Crippen molar-refractivity contribution >= 4 is 31.7 Å². The van der Waals surface area contributed by atoms with Crippen LogP contribution < -0.4 is 71.3 Å². The first-order valence-corrected chi connectivity index (χ1v) is 4.40. The van der Waals surface area contributed by atoms with Crippen LogP contribution in [-0.4, -0.2) is 44.3 Å². The molecule has 0 bridgehead atoms. The Morgan fingerprint density at radius 3 is 0.667 bits per heavy atom. The fourth-order valence-corrected chi connectivity index (χ4v) is 0. The molecule has 0 aromatic rings. The van der Waals surface area contributed by atoms with Gasteiger partial charge in [-0.25, -0.2) is 19.2 Å². The minimum Gasteiger partial charge on any atom is -0.822 e. The number of carboxylic acid groups (broad SMARTS) is 4. The number of phosphoric acid groups is 1. The van der Waals surface area contributed by atoms with E-state index >= 15 is 0 Å². The van der Waals surface area contributed by atoms with E-state index in [2.05, 4.69) is 0 Å². The van der Waals surface area contributed by atoms with Crippen molar-refractivity contribution in [2.75, 3.05) is 0 Å². The van der Waals surface area contributed by atoms with Gasteiger partial charge in [0.05, 0.1) is 0 Å². The SMILES string of the molecule is F.O=C(O)C(=O)O.O=C(O)C(=O)O.O=P([O-])([O-])[O-].[Li+].[Li+].[Li+]. The molecule has 0 aromatic heterocycles. The zero-order valence-corrected chi connectivity index (χ0v) is 11.8. The molecule has 0 amide bonds. The molecule has 0 heterocycles. The Hall–Kier alpha value is -0.288. The summed E-state index contributed by atoms with van der Waals surface area (Å²) in [5.41, 5.74) is 0. The minimum absolute atomic E-state index is 0. The van der Waals surface area contributed by atoms with Gasteiger partial charge in [0.2, 0.25) is 0 Å². The van der Waals surface area contributed by atoms with Gasteiger partial charge in [-0.3, -0.25) is 4.70 Å². The van der Waals surface area contributed by atoms with Gasteiger partial charge in [0.15, 0.2) is 0 Å². The fraction of sp³-hybridized carbons (Fsp3) is 0. The monoisotopic (exact) mass is 316 g/mol. The average molecular weight is 316 g/mol. The van der Waals surface area contributed by atoms with Gasteiger partial charge < -0.3 is 39.7 Å². The first kappa shape index (κ1) is 42.8. The summed E-state index contributed by atoms with van der Waals surface area (Å²) in [5.74, 6) is -7.30. The Morgan fingerprint density at radius 1 is 0.619 bits per heavy atom. The number of rotatable bonds is 0. The largest absolute Gasteiger partial charge is 1.00 e. The number of hydrogen-bond donors (Lipinski definition) is 4. The molecule has 0 rings (SSSR count). The molecule has 0 aliphatic heterocycles. The second-order valence-electron chi connectivity index (χ2n) is 1.67. The molecule has 0 atom stereocenters. The van der Waals surface area contributed by atoms with Crippen LogP contribution in [0.25, 0.3) is 0 Å². The second-order valence-corrected chi connectivity index (χ2v) is 2.56. The maximum absolute atomic E-state index is 9.10. The van der Waals surface area contributed by atoms with Gasteiger partial charge in [-0.1, -0.05) is 0 Å². The van der Waals surface area contributed by atoms with Crippen molar-refractivity contribution in [1.82, 2.24) is 0 Å². The maximum atomic E-state index is 9.10. The van der Waals surface area contributed by atoms with E-state index in [-0.39, 0.29) is 61.3 Å². The van der Waals surface area contributed by atoms with E-state index in [1.54, 1.807) is 0 Å². The van der Waals surface area contributed by atoms with Crippen LogP contribution in [0.1, 0.15) is 0 Å².